The number of pyridine rings is 2. The number of carbonyl (C=O) groups is 2. The van der Waals surface area contributed by atoms with Gasteiger partial charge in [0.25, 0.3) is 0 Å². The van der Waals surface area contributed by atoms with E-state index in [9.17, 15) is 28.3 Å². The van der Waals surface area contributed by atoms with Gasteiger partial charge < -0.3 is 20.1 Å². The Morgan fingerprint density at radius 1 is 1.19 bits per heavy atom. The van der Waals surface area contributed by atoms with Crippen LogP contribution in [-0.2, 0) is 4.74 Å². The van der Waals surface area contributed by atoms with E-state index in [1.165, 1.54) is 0 Å². The zero-order chi connectivity index (χ0) is 27.1. The molecular weight excluding hydrogens is 493 g/mol. The van der Waals surface area contributed by atoms with E-state index in [0.717, 1.165) is 29.0 Å². The average molecular weight is 518 g/mol. The number of carboxylic acids is 1. The Morgan fingerprint density at radius 2 is 1.92 bits per heavy atom. The molecule has 3 aromatic rings. The van der Waals surface area contributed by atoms with E-state index < -0.39 is 46.1 Å². The normalized spacial score (nSPS) is 15.7. The minimum atomic E-state index is -1.59. The highest BCUT2D eigenvalue weighted by molar-refractivity contribution is 5.92. The lowest BCUT2D eigenvalue weighted by atomic mass is 10.1. The summed E-state index contributed by atoms with van der Waals surface area (Å²) in [5, 5.41) is 11.8. The molecule has 3 heterocycles. The van der Waals surface area contributed by atoms with Crippen molar-refractivity contribution >= 4 is 28.9 Å². The minimum Gasteiger partial charge on any atom is -0.477 e. The van der Waals surface area contributed by atoms with Gasteiger partial charge in [-0.05, 0) is 51.3 Å². The molecule has 1 aliphatic heterocycles. The van der Waals surface area contributed by atoms with Crippen LogP contribution in [0.2, 0.25) is 0 Å². The number of anilines is 1. The Morgan fingerprint density at radius 3 is 2.57 bits per heavy atom. The Kier molecular flexibility index (Phi) is 6.85. The van der Waals surface area contributed by atoms with Crippen LogP contribution in [-0.4, -0.2) is 52.0 Å². The van der Waals surface area contributed by atoms with E-state index in [1.54, 1.807) is 25.7 Å². The summed E-state index contributed by atoms with van der Waals surface area (Å²) in [5.41, 5.74) is -2.81. The second-order valence-corrected chi connectivity index (χ2v) is 9.79. The van der Waals surface area contributed by atoms with Gasteiger partial charge in [0, 0.05) is 31.9 Å². The number of hydrogen-bond acceptors (Lipinski definition) is 6. The van der Waals surface area contributed by atoms with Crippen LogP contribution in [0.3, 0.4) is 0 Å². The molecule has 12 heteroatoms. The molecule has 0 bridgehead atoms. The molecule has 0 radical (unpaired) electrons. The molecule has 0 saturated carbocycles. The monoisotopic (exact) mass is 518 g/mol. The highest BCUT2D eigenvalue weighted by Crippen LogP contribution is 2.28. The summed E-state index contributed by atoms with van der Waals surface area (Å²) in [6.07, 6.45) is 0.919. The molecule has 1 aromatic carbocycles. The first kappa shape index (κ1) is 26.0. The molecular formula is C25H25F3N4O5. The van der Waals surface area contributed by atoms with Gasteiger partial charge in [-0.1, -0.05) is 0 Å². The van der Waals surface area contributed by atoms with Crippen LogP contribution in [0.15, 0.2) is 35.3 Å². The summed E-state index contributed by atoms with van der Waals surface area (Å²) in [5.74, 6) is -4.50. The van der Waals surface area contributed by atoms with E-state index in [-0.39, 0.29) is 35.0 Å². The zero-order valence-electron chi connectivity index (χ0n) is 20.3. The molecule has 0 spiro atoms. The van der Waals surface area contributed by atoms with Crippen molar-refractivity contribution in [3.05, 3.63) is 63.7 Å². The van der Waals surface area contributed by atoms with Crippen LogP contribution in [0.1, 0.15) is 37.6 Å². The van der Waals surface area contributed by atoms with E-state index in [0.29, 0.717) is 25.6 Å². The second-order valence-electron chi connectivity index (χ2n) is 9.79. The van der Waals surface area contributed by atoms with Crippen LogP contribution in [0.4, 0.5) is 23.8 Å². The van der Waals surface area contributed by atoms with Crippen LogP contribution < -0.4 is 15.6 Å². The zero-order valence-corrected chi connectivity index (χ0v) is 20.3. The number of fused-ring (bicyclic) bond motifs is 1. The van der Waals surface area contributed by atoms with Crippen LogP contribution in [0.25, 0.3) is 16.7 Å². The first-order chi connectivity index (χ1) is 17.3. The van der Waals surface area contributed by atoms with E-state index in [1.807, 2.05) is 0 Å². The standard InChI is InChI=1S/C25H25F3N4O5/c1-25(2,3)37-24(36)29-10-13-6-7-31(11-13)22-18(28)9-15-20(33)16(23(34)35)12-32(21(15)30-22)19-5-4-14(26)8-17(19)27/h4-5,8-9,12-13H,6-7,10-11H2,1-3H3,(H,29,36)(H,34,35). The second kappa shape index (κ2) is 9.75. The number of hydrogen-bond donors (Lipinski definition) is 2. The summed E-state index contributed by atoms with van der Waals surface area (Å²) >= 11 is 0. The van der Waals surface area contributed by atoms with Gasteiger partial charge in [0.2, 0.25) is 5.43 Å². The van der Waals surface area contributed by atoms with Crippen molar-refractivity contribution in [2.24, 2.45) is 5.92 Å². The van der Waals surface area contributed by atoms with Crippen molar-refractivity contribution in [1.82, 2.24) is 14.9 Å². The van der Waals surface area contributed by atoms with Crippen LogP contribution in [0, 0.1) is 23.4 Å². The molecule has 1 saturated heterocycles. The van der Waals surface area contributed by atoms with Gasteiger partial charge in [0.05, 0.1) is 11.1 Å². The quantitative estimate of drug-likeness (QED) is 0.527. The number of carboxylic acid groups (broad SMARTS) is 1. The fraction of sp³-hybridized carbons (Fsp3) is 0.360. The van der Waals surface area contributed by atoms with Gasteiger partial charge in [0.1, 0.15) is 22.8 Å². The first-order valence-corrected chi connectivity index (χ1v) is 11.5. The maximum atomic E-state index is 15.2. The predicted octanol–water partition coefficient (Wildman–Crippen LogP) is 3.85. The number of nitrogens with zero attached hydrogens (tertiary/aromatic N) is 3. The third kappa shape index (κ3) is 5.52. The molecule has 1 aliphatic rings. The highest BCUT2D eigenvalue weighted by Gasteiger charge is 2.28. The maximum absolute atomic E-state index is 15.2. The Bertz CT molecular complexity index is 1450. The number of aromatic carboxylic acids is 1. The SMILES string of the molecule is CC(C)(C)OC(=O)NCC1CCN(c2nc3c(cc2F)c(=O)c(C(=O)O)cn3-c2ccc(F)cc2F)C1. The summed E-state index contributed by atoms with van der Waals surface area (Å²) in [7, 11) is 0. The van der Waals surface area contributed by atoms with Gasteiger partial charge in [0.15, 0.2) is 17.3 Å². The summed E-state index contributed by atoms with van der Waals surface area (Å²) in [6, 6.07) is 3.51. The first-order valence-electron chi connectivity index (χ1n) is 11.5. The number of halogens is 3. The fourth-order valence-corrected chi connectivity index (χ4v) is 4.18. The molecule has 2 N–H and O–H groups in total. The molecule has 1 amide bonds. The molecule has 2 aromatic heterocycles. The molecule has 1 atom stereocenters. The van der Waals surface area contributed by atoms with E-state index in [2.05, 4.69) is 10.3 Å². The minimum absolute atomic E-state index is 0.0458. The Balaban J connectivity index is 1.70. The highest BCUT2D eigenvalue weighted by atomic mass is 19.1. The molecule has 4 rings (SSSR count). The summed E-state index contributed by atoms with van der Waals surface area (Å²) in [4.78, 5) is 42.3. The van der Waals surface area contributed by atoms with Crippen molar-refractivity contribution in [2.45, 2.75) is 32.8 Å². The Hall–Kier alpha value is -4.09. The lowest BCUT2D eigenvalue weighted by Crippen LogP contribution is -2.36. The lowest BCUT2D eigenvalue weighted by molar-refractivity contribution is 0.0520. The maximum Gasteiger partial charge on any atom is 0.407 e. The third-order valence-corrected chi connectivity index (χ3v) is 5.83. The number of ether oxygens (including phenoxy) is 1. The largest absolute Gasteiger partial charge is 0.477 e. The number of benzene rings is 1. The molecule has 9 nitrogen and oxygen atoms in total. The number of alkyl carbamates (subject to hydrolysis) is 1. The molecule has 1 fully saturated rings. The van der Waals surface area contributed by atoms with Crippen LogP contribution >= 0.6 is 0 Å². The smallest absolute Gasteiger partial charge is 0.407 e. The molecule has 37 heavy (non-hydrogen) atoms. The van der Waals surface area contributed by atoms with Gasteiger partial charge in [-0.15, -0.1) is 0 Å². The molecule has 196 valence electrons. The van der Waals surface area contributed by atoms with E-state index >= 15 is 4.39 Å². The van der Waals surface area contributed by atoms with Gasteiger partial charge in [-0.25, -0.2) is 27.7 Å². The van der Waals surface area contributed by atoms with Gasteiger partial charge >= 0.3 is 12.1 Å². The number of nitrogens with one attached hydrogen (secondary N) is 1. The lowest BCUT2D eigenvalue weighted by Gasteiger charge is -2.21. The van der Waals surface area contributed by atoms with Crippen molar-refractivity contribution in [1.29, 1.82) is 0 Å². The summed E-state index contributed by atoms with van der Waals surface area (Å²) in [6.45, 7) is 6.23. The van der Waals surface area contributed by atoms with E-state index in [4.69, 9.17) is 4.74 Å². The predicted molar refractivity (Wildman–Crippen MR) is 129 cm³/mol. The van der Waals surface area contributed by atoms with Crippen molar-refractivity contribution in [2.75, 3.05) is 24.5 Å². The topological polar surface area (TPSA) is 114 Å². The average Bonchev–Trinajstić information content (AvgIpc) is 3.26. The number of amides is 1. The van der Waals surface area contributed by atoms with Crippen molar-refractivity contribution in [3.8, 4) is 5.69 Å². The van der Waals surface area contributed by atoms with Crippen LogP contribution in [0.5, 0.6) is 0 Å². The summed E-state index contributed by atoms with van der Waals surface area (Å²) < 4.78 is 49.5. The van der Waals surface area contributed by atoms with Crippen molar-refractivity contribution < 1.29 is 32.6 Å². The molecule has 1 unspecified atom stereocenters. The molecule has 0 aliphatic carbocycles. The number of aromatic nitrogens is 2. The van der Waals surface area contributed by atoms with Gasteiger partial charge in [-0.2, -0.15) is 0 Å². The fourth-order valence-electron chi connectivity index (χ4n) is 4.18. The number of carbonyl (C=O) groups excluding carboxylic acids is 1. The number of rotatable bonds is 5. The van der Waals surface area contributed by atoms with Gasteiger partial charge in [-0.3, -0.25) is 9.36 Å². The Labute approximate surface area is 209 Å². The van der Waals surface area contributed by atoms with Crippen molar-refractivity contribution in [3.63, 3.8) is 0 Å². The third-order valence-electron chi connectivity index (χ3n) is 5.83.